The van der Waals surface area contributed by atoms with E-state index in [1.54, 1.807) is 34.8 Å². The third-order valence-electron chi connectivity index (χ3n) is 6.87. The van der Waals surface area contributed by atoms with E-state index in [9.17, 15) is 4.79 Å². The molecule has 1 fully saturated rings. The number of aromatic nitrogens is 3. The number of hydrogen-bond acceptors (Lipinski definition) is 6. The zero-order valence-electron chi connectivity index (χ0n) is 21.9. The summed E-state index contributed by atoms with van der Waals surface area (Å²) in [5.74, 6) is 1.11. The summed E-state index contributed by atoms with van der Waals surface area (Å²) < 4.78 is 7.68. The van der Waals surface area contributed by atoms with Crippen LogP contribution in [0.25, 0.3) is 16.9 Å². The molecule has 0 unspecified atom stereocenters. The highest BCUT2D eigenvalue weighted by Crippen LogP contribution is 2.24. The Labute approximate surface area is 237 Å². The predicted molar refractivity (Wildman–Crippen MR) is 159 cm³/mol. The molecule has 5 aromatic rings. The van der Waals surface area contributed by atoms with Crippen molar-refractivity contribution >= 4 is 40.5 Å². The molecule has 0 bridgehead atoms. The van der Waals surface area contributed by atoms with Gasteiger partial charge in [0.05, 0.1) is 5.69 Å². The van der Waals surface area contributed by atoms with E-state index in [0.717, 1.165) is 29.2 Å². The van der Waals surface area contributed by atoms with Gasteiger partial charge in [-0.1, -0.05) is 29.8 Å². The number of likely N-dealkylation sites (tertiary alicyclic amines) is 1. The van der Waals surface area contributed by atoms with Gasteiger partial charge in [-0.05, 0) is 98.7 Å². The highest BCUT2D eigenvalue weighted by atomic mass is 35.5. The average Bonchev–Trinajstić information content (AvgIpc) is 3.65. The van der Waals surface area contributed by atoms with E-state index in [4.69, 9.17) is 21.4 Å². The van der Waals surface area contributed by atoms with E-state index in [-0.39, 0.29) is 5.91 Å². The third-order valence-corrected chi connectivity index (χ3v) is 7.12. The molecule has 0 spiro atoms. The summed E-state index contributed by atoms with van der Waals surface area (Å²) in [4.78, 5) is 20.0. The molecule has 1 aliphatic heterocycles. The predicted octanol–water partition coefficient (Wildman–Crippen LogP) is 6.52. The van der Waals surface area contributed by atoms with Crippen LogP contribution in [0.15, 0.2) is 91.0 Å². The first-order valence-corrected chi connectivity index (χ1v) is 13.7. The number of anilines is 3. The number of benzene rings is 3. The smallest absolute Gasteiger partial charge is 0.255 e. The molecule has 1 saturated heterocycles. The number of amides is 1. The highest BCUT2D eigenvalue weighted by Gasteiger charge is 2.13. The number of fused-ring (bicyclic) bond motifs is 1. The van der Waals surface area contributed by atoms with Crippen LogP contribution >= 0.6 is 11.6 Å². The molecule has 6 rings (SSSR count). The van der Waals surface area contributed by atoms with Crippen LogP contribution in [-0.2, 0) is 0 Å². The number of hydrogen-bond donors (Lipinski definition) is 2. The fraction of sp³-hybridized carbons (Fsp3) is 0.194. The van der Waals surface area contributed by atoms with Gasteiger partial charge >= 0.3 is 0 Å². The van der Waals surface area contributed by atoms with E-state index < -0.39 is 0 Å². The second-order valence-corrected chi connectivity index (χ2v) is 10.1. The van der Waals surface area contributed by atoms with Crippen molar-refractivity contribution in [3.05, 3.63) is 102 Å². The Kier molecular flexibility index (Phi) is 7.61. The lowest BCUT2D eigenvalue weighted by Crippen LogP contribution is -2.25. The molecule has 0 aliphatic carbocycles. The second kappa shape index (κ2) is 11.8. The molecule has 9 heteroatoms. The topological polar surface area (TPSA) is 83.8 Å². The molecule has 8 nitrogen and oxygen atoms in total. The molecule has 3 heterocycles. The lowest BCUT2D eigenvalue weighted by molar-refractivity contribution is 0.102. The summed E-state index contributed by atoms with van der Waals surface area (Å²) in [7, 11) is 0. The molecule has 40 heavy (non-hydrogen) atoms. The van der Waals surface area contributed by atoms with Crippen molar-refractivity contribution in [2.45, 2.75) is 12.8 Å². The van der Waals surface area contributed by atoms with Gasteiger partial charge < -0.3 is 15.4 Å². The average molecular weight is 553 g/mol. The molecule has 2 aromatic heterocycles. The van der Waals surface area contributed by atoms with E-state index in [1.165, 1.54) is 25.9 Å². The minimum absolute atomic E-state index is 0.208. The fourth-order valence-electron chi connectivity index (χ4n) is 4.80. The molecule has 0 radical (unpaired) electrons. The van der Waals surface area contributed by atoms with E-state index in [1.807, 2.05) is 60.7 Å². The monoisotopic (exact) mass is 552 g/mol. The number of carbonyl (C=O) groups excluding carboxylic acids is 1. The van der Waals surface area contributed by atoms with Gasteiger partial charge in [-0.15, -0.1) is 5.10 Å². The van der Waals surface area contributed by atoms with Crippen molar-refractivity contribution in [3.8, 4) is 17.0 Å². The standard InChI is InChI=1S/C31H29ClN6O2/c32-24-9-11-25(12-10-24)33-30(39)23-6-3-5-22(21-23)28-7-4-8-29-35-31(36-38(28)29)34-26-13-15-27(16-14-26)40-20-19-37-17-1-2-18-37/h3-16,21H,1-2,17-20H2,(H,33,39)(H,34,36). The molecule has 202 valence electrons. The van der Waals surface area contributed by atoms with Crippen molar-refractivity contribution in [2.24, 2.45) is 0 Å². The zero-order chi connectivity index (χ0) is 27.3. The first-order chi connectivity index (χ1) is 19.6. The summed E-state index contributed by atoms with van der Waals surface area (Å²) >= 11 is 5.95. The van der Waals surface area contributed by atoms with E-state index >= 15 is 0 Å². The molecule has 0 saturated carbocycles. The molecule has 2 N–H and O–H groups in total. The SMILES string of the molecule is O=C(Nc1ccc(Cl)cc1)c1cccc(-c2cccc3nc(Nc4ccc(OCCN5CCCC5)cc4)nn23)c1. The van der Waals surface area contributed by atoms with Crippen LogP contribution in [0.4, 0.5) is 17.3 Å². The van der Waals surface area contributed by atoms with Gasteiger partial charge in [0.25, 0.3) is 5.91 Å². The normalized spacial score (nSPS) is 13.4. The van der Waals surface area contributed by atoms with Crippen LogP contribution in [0.3, 0.4) is 0 Å². The maximum Gasteiger partial charge on any atom is 0.255 e. The van der Waals surface area contributed by atoms with Crippen molar-refractivity contribution in [2.75, 3.05) is 36.9 Å². The molecule has 1 aliphatic rings. The van der Waals surface area contributed by atoms with Crippen molar-refractivity contribution in [1.82, 2.24) is 19.5 Å². The lowest BCUT2D eigenvalue weighted by atomic mass is 10.1. The van der Waals surface area contributed by atoms with Gasteiger partial charge in [0, 0.05) is 34.1 Å². The van der Waals surface area contributed by atoms with E-state index in [0.29, 0.717) is 34.5 Å². The minimum atomic E-state index is -0.208. The van der Waals surface area contributed by atoms with Gasteiger partial charge in [0.2, 0.25) is 5.95 Å². The Hall–Kier alpha value is -4.40. The quantitative estimate of drug-likeness (QED) is 0.216. The number of ether oxygens (including phenoxy) is 1. The van der Waals surface area contributed by atoms with Crippen LogP contribution < -0.4 is 15.4 Å². The van der Waals surface area contributed by atoms with Crippen LogP contribution in [0.5, 0.6) is 5.75 Å². The number of rotatable bonds is 9. The maximum absolute atomic E-state index is 12.9. The molecule has 3 aromatic carbocycles. The van der Waals surface area contributed by atoms with Crippen molar-refractivity contribution in [3.63, 3.8) is 0 Å². The Morgan fingerprint density at radius 1 is 0.900 bits per heavy atom. The van der Waals surface area contributed by atoms with Crippen molar-refractivity contribution in [1.29, 1.82) is 0 Å². The Morgan fingerprint density at radius 3 is 2.45 bits per heavy atom. The zero-order valence-corrected chi connectivity index (χ0v) is 22.6. The number of nitrogens with one attached hydrogen (secondary N) is 2. The Balaban J connectivity index is 1.15. The first-order valence-electron chi connectivity index (χ1n) is 13.4. The summed E-state index contributed by atoms with van der Waals surface area (Å²) in [5, 5.41) is 11.5. The number of halogens is 1. The number of nitrogens with zero attached hydrogens (tertiary/aromatic N) is 4. The minimum Gasteiger partial charge on any atom is -0.492 e. The third kappa shape index (κ3) is 6.09. The van der Waals surface area contributed by atoms with Crippen LogP contribution in [0, 0.1) is 0 Å². The fourth-order valence-corrected chi connectivity index (χ4v) is 4.92. The summed E-state index contributed by atoms with van der Waals surface area (Å²) in [6, 6.07) is 28.1. The van der Waals surface area contributed by atoms with Crippen LogP contribution in [0.2, 0.25) is 5.02 Å². The van der Waals surface area contributed by atoms with Gasteiger partial charge in [-0.2, -0.15) is 4.98 Å². The molecule has 1 amide bonds. The molecule has 0 atom stereocenters. The summed E-state index contributed by atoms with van der Waals surface area (Å²) in [5.41, 5.74) is 4.44. The summed E-state index contributed by atoms with van der Waals surface area (Å²) in [6.45, 7) is 3.99. The second-order valence-electron chi connectivity index (χ2n) is 9.70. The van der Waals surface area contributed by atoms with Crippen LogP contribution in [0.1, 0.15) is 23.2 Å². The highest BCUT2D eigenvalue weighted by molar-refractivity contribution is 6.30. The number of carbonyl (C=O) groups is 1. The summed E-state index contributed by atoms with van der Waals surface area (Å²) in [6.07, 6.45) is 2.57. The van der Waals surface area contributed by atoms with Crippen molar-refractivity contribution < 1.29 is 9.53 Å². The Morgan fingerprint density at radius 2 is 1.65 bits per heavy atom. The van der Waals surface area contributed by atoms with Crippen LogP contribution in [-0.4, -0.2) is 51.6 Å². The van der Waals surface area contributed by atoms with Gasteiger partial charge in [-0.25, -0.2) is 4.52 Å². The Bertz CT molecular complexity index is 1610. The van der Waals surface area contributed by atoms with Gasteiger partial charge in [-0.3, -0.25) is 9.69 Å². The molecular formula is C31H29ClN6O2. The van der Waals surface area contributed by atoms with E-state index in [2.05, 4.69) is 20.5 Å². The maximum atomic E-state index is 12.9. The molecular weight excluding hydrogens is 524 g/mol. The number of pyridine rings is 1. The lowest BCUT2D eigenvalue weighted by Gasteiger charge is -2.15. The van der Waals surface area contributed by atoms with Gasteiger partial charge in [0.15, 0.2) is 5.65 Å². The van der Waals surface area contributed by atoms with Gasteiger partial charge in [0.1, 0.15) is 12.4 Å². The first kappa shape index (κ1) is 25.9. The largest absolute Gasteiger partial charge is 0.492 e.